The van der Waals surface area contributed by atoms with Crippen LogP contribution in [-0.2, 0) is 0 Å². The van der Waals surface area contributed by atoms with Crippen LogP contribution in [0.3, 0.4) is 0 Å². The van der Waals surface area contributed by atoms with Gasteiger partial charge in [-0.1, -0.05) is 24.3 Å². The summed E-state index contributed by atoms with van der Waals surface area (Å²) in [6, 6.07) is 11.4. The summed E-state index contributed by atoms with van der Waals surface area (Å²) >= 11 is 0. The molecule has 0 radical (unpaired) electrons. The summed E-state index contributed by atoms with van der Waals surface area (Å²) < 4.78 is 13.6. The number of halogens is 1. The van der Waals surface area contributed by atoms with Crippen LogP contribution in [0.25, 0.3) is 11.1 Å². The minimum absolute atomic E-state index is 0.0948. The summed E-state index contributed by atoms with van der Waals surface area (Å²) in [6.07, 6.45) is 0. The van der Waals surface area contributed by atoms with Crippen LogP contribution >= 0.6 is 0 Å². The molecule has 0 spiro atoms. The second-order valence-corrected chi connectivity index (χ2v) is 3.84. The van der Waals surface area contributed by atoms with E-state index < -0.39 is 0 Å². The number of nitrogens with two attached hydrogens (primary N) is 1. The fraction of sp³-hybridized carbons (Fsp3) is 0.0714. The van der Waals surface area contributed by atoms with E-state index in [4.69, 9.17) is 5.73 Å². The number of Topliss-reactive ketones (excluding diaryl/α,β-unsaturated/α-hetero) is 1. The van der Waals surface area contributed by atoms with Gasteiger partial charge >= 0.3 is 0 Å². The minimum atomic E-state index is -0.303. The zero-order valence-corrected chi connectivity index (χ0v) is 9.41. The quantitative estimate of drug-likeness (QED) is 0.634. The van der Waals surface area contributed by atoms with Crippen molar-refractivity contribution in [3.8, 4) is 11.1 Å². The number of hydrogen-bond donors (Lipinski definition) is 1. The van der Waals surface area contributed by atoms with Crippen LogP contribution in [0, 0.1) is 5.82 Å². The molecule has 2 aromatic rings. The Morgan fingerprint density at radius 1 is 1.18 bits per heavy atom. The molecule has 86 valence electrons. The van der Waals surface area contributed by atoms with Crippen molar-refractivity contribution in [2.24, 2.45) is 0 Å². The molecule has 0 amide bonds. The van der Waals surface area contributed by atoms with Crippen molar-refractivity contribution < 1.29 is 9.18 Å². The lowest BCUT2D eigenvalue weighted by molar-refractivity contribution is 0.101. The number of ketones is 1. The molecule has 0 heterocycles. The van der Waals surface area contributed by atoms with Crippen LogP contribution in [0.5, 0.6) is 0 Å². The largest absolute Gasteiger partial charge is 0.398 e. The second kappa shape index (κ2) is 4.37. The van der Waals surface area contributed by atoms with Crippen LogP contribution in [0.2, 0.25) is 0 Å². The van der Waals surface area contributed by atoms with Gasteiger partial charge in [0.1, 0.15) is 5.82 Å². The van der Waals surface area contributed by atoms with E-state index in [2.05, 4.69) is 0 Å². The van der Waals surface area contributed by atoms with Crippen LogP contribution in [0.4, 0.5) is 10.1 Å². The SMILES string of the molecule is CC(=O)c1ccc(-c2ccccc2F)cc1N. The first kappa shape index (κ1) is 11.3. The van der Waals surface area contributed by atoms with Crippen LogP contribution < -0.4 is 5.73 Å². The van der Waals surface area contributed by atoms with Crippen molar-refractivity contribution in [3.63, 3.8) is 0 Å². The summed E-state index contributed by atoms with van der Waals surface area (Å²) in [7, 11) is 0. The number of carbonyl (C=O) groups excluding carboxylic acids is 1. The van der Waals surface area contributed by atoms with Gasteiger partial charge in [-0.25, -0.2) is 4.39 Å². The normalized spacial score (nSPS) is 10.2. The molecule has 0 saturated carbocycles. The molecule has 0 aliphatic rings. The topological polar surface area (TPSA) is 43.1 Å². The zero-order chi connectivity index (χ0) is 12.4. The van der Waals surface area contributed by atoms with E-state index in [0.717, 1.165) is 0 Å². The summed E-state index contributed by atoms with van der Waals surface area (Å²) in [5, 5.41) is 0. The Labute approximate surface area is 98.9 Å². The molecule has 17 heavy (non-hydrogen) atoms. The highest BCUT2D eigenvalue weighted by Crippen LogP contribution is 2.26. The number of hydrogen-bond acceptors (Lipinski definition) is 2. The van der Waals surface area contributed by atoms with Crippen molar-refractivity contribution >= 4 is 11.5 Å². The molecular formula is C14H12FNO. The third-order valence-electron chi connectivity index (χ3n) is 2.62. The van der Waals surface area contributed by atoms with E-state index in [1.54, 1.807) is 36.4 Å². The van der Waals surface area contributed by atoms with Crippen molar-refractivity contribution in [1.82, 2.24) is 0 Å². The molecule has 0 aromatic heterocycles. The average Bonchev–Trinajstić information content (AvgIpc) is 2.29. The fourth-order valence-electron chi connectivity index (χ4n) is 1.75. The molecule has 2 rings (SSSR count). The van der Waals surface area contributed by atoms with Gasteiger partial charge in [0, 0.05) is 16.8 Å². The molecule has 2 N–H and O–H groups in total. The van der Waals surface area contributed by atoms with Gasteiger partial charge in [0.15, 0.2) is 5.78 Å². The molecule has 2 nitrogen and oxygen atoms in total. The molecule has 2 aromatic carbocycles. The highest BCUT2D eigenvalue weighted by atomic mass is 19.1. The maximum Gasteiger partial charge on any atom is 0.161 e. The van der Waals surface area contributed by atoms with Gasteiger partial charge in [-0.3, -0.25) is 4.79 Å². The standard InChI is InChI=1S/C14H12FNO/c1-9(17)11-7-6-10(8-14(11)16)12-4-2-3-5-13(12)15/h2-8H,16H2,1H3. The predicted molar refractivity (Wildman–Crippen MR) is 66.3 cm³/mol. The number of anilines is 1. The Bertz CT molecular complexity index is 578. The Morgan fingerprint density at radius 2 is 1.88 bits per heavy atom. The van der Waals surface area contributed by atoms with E-state index in [0.29, 0.717) is 22.4 Å². The minimum Gasteiger partial charge on any atom is -0.398 e. The molecule has 0 saturated heterocycles. The van der Waals surface area contributed by atoms with Crippen LogP contribution in [-0.4, -0.2) is 5.78 Å². The fourth-order valence-corrected chi connectivity index (χ4v) is 1.75. The first-order chi connectivity index (χ1) is 8.09. The zero-order valence-electron chi connectivity index (χ0n) is 9.41. The summed E-state index contributed by atoms with van der Waals surface area (Å²) in [6.45, 7) is 1.45. The van der Waals surface area contributed by atoms with Gasteiger partial charge in [-0.2, -0.15) is 0 Å². The maximum atomic E-state index is 13.6. The first-order valence-electron chi connectivity index (χ1n) is 5.25. The highest BCUT2D eigenvalue weighted by molar-refractivity contribution is 5.99. The van der Waals surface area contributed by atoms with Crippen molar-refractivity contribution in [3.05, 3.63) is 53.8 Å². The van der Waals surface area contributed by atoms with Crippen molar-refractivity contribution in [1.29, 1.82) is 0 Å². The van der Waals surface area contributed by atoms with E-state index in [9.17, 15) is 9.18 Å². The monoisotopic (exact) mass is 229 g/mol. The van der Waals surface area contributed by atoms with Crippen LogP contribution in [0.15, 0.2) is 42.5 Å². The molecule has 0 atom stereocenters. The Morgan fingerprint density at radius 3 is 2.47 bits per heavy atom. The van der Waals surface area contributed by atoms with Gasteiger partial charge in [0.2, 0.25) is 0 Å². The lowest BCUT2D eigenvalue weighted by Gasteiger charge is -2.07. The number of rotatable bonds is 2. The van der Waals surface area contributed by atoms with Gasteiger partial charge in [0.05, 0.1) is 0 Å². The highest BCUT2D eigenvalue weighted by Gasteiger charge is 2.08. The Kier molecular flexibility index (Phi) is 2.91. The van der Waals surface area contributed by atoms with Crippen LogP contribution in [0.1, 0.15) is 17.3 Å². The average molecular weight is 229 g/mol. The third-order valence-corrected chi connectivity index (χ3v) is 2.62. The molecule has 0 aliphatic heterocycles. The Hall–Kier alpha value is -2.16. The number of nitrogen functional groups attached to an aromatic ring is 1. The molecule has 0 bridgehead atoms. The van der Waals surface area contributed by atoms with Gasteiger partial charge in [-0.15, -0.1) is 0 Å². The van der Waals surface area contributed by atoms with E-state index in [1.807, 2.05) is 0 Å². The lowest BCUT2D eigenvalue weighted by Crippen LogP contribution is -1.99. The first-order valence-corrected chi connectivity index (χ1v) is 5.25. The van der Waals surface area contributed by atoms with E-state index >= 15 is 0 Å². The summed E-state index contributed by atoms with van der Waals surface area (Å²) in [5.74, 6) is -0.398. The van der Waals surface area contributed by atoms with Crippen molar-refractivity contribution in [2.45, 2.75) is 6.92 Å². The number of benzene rings is 2. The smallest absolute Gasteiger partial charge is 0.161 e. The molecule has 0 unspecified atom stereocenters. The Balaban J connectivity index is 2.52. The molecular weight excluding hydrogens is 217 g/mol. The van der Waals surface area contributed by atoms with Gasteiger partial charge in [-0.05, 0) is 30.7 Å². The molecule has 0 aliphatic carbocycles. The summed E-state index contributed by atoms with van der Waals surface area (Å²) in [5.41, 5.74) is 7.76. The molecule has 3 heteroatoms. The van der Waals surface area contributed by atoms with Crippen molar-refractivity contribution in [2.75, 3.05) is 5.73 Å². The summed E-state index contributed by atoms with van der Waals surface area (Å²) in [4.78, 5) is 11.2. The van der Waals surface area contributed by atoms with E-state index in [-0.39, 0.29) is 11.6 Å². The van der Waals surface area contributed by atoms with Gasteiger partial charge in [0.25, 0.3) is 0 Å². The third kappa shape index (κ3) is 2.18. The lowest BCUT2D eigenvalue weighted by atomic mass is 10.0. The van der Waals surface area contributed by atoms with Gasteiger partial charge < -0.3 is 5.73 Å². The van der Waals surface area contributed by atoms with E-state index in [1.165, 1.54) is 13.0 Å². The molecule has 0 fully saturated rings. The predicted octanol–water partition coefficient (Wildman–Crippen LogP) is 3.28. The second-order valence-electron chi connectivity index (χ2n) is 3.84. The number of carbonyl (C=O) groups is 1. The maximum absolute atomic E-state index is 13.6.